The van der Waals surface area contributed by atoms with E-state index in [1.165, 1.54) is 44.9 Å². The predicted molar refractivity (Wildman–Crippen MR) is 119 cm³/mol. The Morgan fingerprint density at radius 2 is 2.04 bits per heavy atom. The number of hydrogen-bond acceptors (Lipinski definition) is 1. The fourth-order valence-electron chi connectivity index (χ4n) is 6.72. The molecule has 0 aromatic carbocycles. The third kappa shape index (κ3) is 4.25. The molecule has 3 aliphatic carbocycles. The van der Waals surface area contributed by atoms with Gasteiger partial charge >= 0.3 is 0 Å². The number of halogens is 1. The molecule has 26 heavy (non-hydrogen) atoms. The standard InChI is InChI=1S/C23H39BrOSi/c1-17(14-18-11-13-22(2,15-18)25-26(4,5)6)20-9-10-21-19(16-24)8-7-12-23(20,21)3/h11,13,16-18,20-21H,7-10,12,14-15H2,1-6H3/t17-,18+,20-,21?,22-,23+/m1/s1. The summed E-state index contributed by atoms with van der Waals surface area (Å²) in [6.45, 7) is 14.4. The molecule has 3 heteroatoms. The average molecular weight is 440 g/mol. The maximum atomic E-state index is 6.50. The molecule has 0 bridgehead atoms. The van der Waals surface area contributed by atoms with Crippen LogP contribution >= 0.6 is 15.9 Å². The van der Waals surface area contributed by atoms with Gasteiger partial charge in [0, 0.05) is 0 Å². The number of fused-ring (bicyclic) bond motifs is 1. The van der Waals surface area contributed by atoms with Gasteiger partial charge in [0.1, 0.15) is 0 Å². The van der Waals surface area contributed by atoms with Crippen molar-refractivity contribution in [1.29, 1.82) is 0 Å². The maximum Gasteiger partial charge on any atom is 0.184 e. The molecule has 0 aromatic heterocycles. The highest BCUT2D eigenvalue weighted by Crippen LogP contribution is 2.60. The molecule has 0 spiro atoms. The van der Waals surface area contributed by atoms with Gasteiger partial charge < -0.3 is 4.43 Å². The van der Waals surface area contributed by atoms with E-state index in [9.17, 15) is 0 Å². The summed E-state index contributed by atoms with van der Waals surface area (Å²) >= 11 is 3.65. The summed E-state index contributed by atoms with van der Waals surface area (Å²) in [6.07, 6.45) is 14.3. The Morgan fingerprint density at radius 3 is 2.69 bits per heavy atom. The van der Waals surface area contributed by atoms with Crippen LogP contribution in [-0.2, 0) is 4.43 Å². The lowest BCUT2D eigenvalue weighted by atomic mass is 9.61. The molecule has 3 aliphatic rings. The summed E-state index contributed by atoms with van der Waals surface area (Å²) in [5.41, 5.74) is 2.19. The predicted octanol–water partition coefficient (Wildman–Crippen LogP) is 7.69. The van der Waals surface area contributed by atoms with E-state index in [-0.39, 0.29) is 5.60 Å². The lowest BCUT2D eigenvalue weighted by molar-refractivity contribution is 0.0811. The van der Waals surface area contributed by atoms with Crippen molar-refractivity contribution in [3.8, 4) is 0 Å². The monoisotopic (exact) mass is 438 g/mol. The minimum absolute atomic E-state index is 0.0202. The Balaban J connectivity index is 1.63. The summed E-state index contributed by atoms with van der Waals surface area (Å²) in [4.78, 5) is 2.25. The molecular weight excluding hydrogens is 400 g/mol. The van der Waals surface area contributed by atoms with Crippen molar-refractivity contribution < 1.29 is 4.43 Å². The number of rotatable bonds is 5. The van der Waals surface area contributed by atoms with Crippen molar-refractivity contribution in [2.24, 2.45) is 29.1 Å². The number of allylic oxidation sites excluding steroid dienone is 2. The fourth-order valence-corrected chi connectivity index (χ4v) is 8.82. The van der Waals surface area contributed by atoms with Crippen LogP contribution in [0.5, 0.6) is 0 Å². The van der Waals surface area contributed by atoms with Crippen LogP contribution in [-0.4, -0.2) is 13.9 Å². The van der Waals surface area contributed by atoms with E-state index < -0.39 is 8.32 Å². The largest absolute Gasteiger partial charge is 0.409 e. The van der Waals surface area contributed by atoms with Crippen molar-refractivity contribution in [2.75, 3.05) is 0 Å². The molecule has 6 atom stereocenters. The van der Waals surface area contributed by atoms with E-state index in [4.69, 9.17) is 4.43 Å². The smallest absolute Gasteiger partial charge is 0.184 e. The lowest BCUT2D eigenvalue weighted by Gasteiger charge is -2.44. The molecule has 0 amide bonds. The van der Waals surface area contributed by atoms with E-state index in [1.807, 2.05) is 0 Å². The average Bonchev–Trinajstić information content (AvgIpc) is 3.04. The first-order chi connectivity index (χ1) is 12.1. The molecule has 0 aliphatic heterocycles. The van der Waals surface area contributed by atoms with Gasteiger partial charge in [-0.2, -0.15) is 0 Å². The summed E-state index contributed by atoms with van der Waals surface area (Å²) < 4.78 is 6.50. The minimum atomic E-state index is -1.50. The molecular formula is C23H39BrOSi. The van der Waals surface area contributed by atoms with Crippen molar-refractivity contribution in [1.82, 2.24) is 0 Å². The van der Waals surface area contributed by atoms with E-state index in [1.54, 1.807) is 5.57 Å². The second kappa shape index (κ2) is 7.52. The van der Waals surface area contributed by atoms with Gasteiger partial charge in [-0.3, -0.25) is 0 Å². The molecule has 1 unspecified atom stereocenters. The molecule has 3 rings (SSSR count). The van der Waals surface area contributed by atoms with Gasteiger partial charge in [-0.1, -0.05) is 47.5 Å². The van der Waals surface area contributed by atoms with Crippen LogP contribution in [0.15, 0.2) is 22.7 Å². The summed E-state index contributed by atoms with van der Waals surface area (Å²) in [5, 5.41) is 0. The fraction of sp³-hybridized carbons (Fsp3) is 0.826. The molecule has 0 N–H and O–H groups in total. The van der Waals surface area contributed by atoms with Gasteiger partial charge in [0.2, 0.25) is 0 Å². The van der Waals surface area contributed by atoms with Crippen LogP contribution in [0.25, 0.3) is 0 Å². The highest BCUT2D eigenvalue weighted by Gasteiger charge is 2.51. The zero-order valence-electron chi connectivity index (χ0n) is 17.8. The summed E-state index contributed by atoms with van der Waals surface area (Å²) in [7, 11) is -1.50. The number of hydrogen-bond donors (Lipinski definition) is 0. The molecule has 0 saturated heterocycles. The van der Waals surface area contributed by atoms with Crippen molar-refractivity contribution >= 4 is 24.2 Å². The third-order valence-electron chi connectivity index (χ3n) is 7.47. The van der Waals surface area contributed by atoms with Crippen LogP contribution < -0.4 is 0 Å². The van der Waals surface area contributed by atoms with Crippen molar-refractivity contribution in [3.63, 3.8) is 0 Å². The van der Waals surface area contributed by atoms with E-state index in [0.29, 0.717) is 11.3 Å². The van der Waals surface area contributed by atoms with Gasteiger partial charge in [-0.15, -0.1) is 0 Å². The second-order valence-corrected chi connectivity index (χ2v) is 15.7. The van der Waals surface area contributed by atoms with Crippen molar-refractivity contribution in [3.05, 3.63) is 22.7 Å². The first-order valence-corrected chi connectivity index (χ1v) is 15.1. The molecule has 0 aromatic rings. The summed E-state index contributed by atoms with van der Waals surface area (Å²) in [5.74, 6) is 3.21. The molecule has 148 valence electrons. The normalized spacial score (nSPS) is 43.0. The van der Waals surface area contributed by atoms with E-state index in [2.05, 4.69) is 73.5 Å². The SMILES string of the molecule is C[C@H](C[C@@H]1C=C[C@@](C)(O[Si](C)(C)C)C1)[C@H]1CCC2C(=CBr)CCC[C@]21C. The molecule has 2 fully saturated rings. The van der Waals surface area contributed by atoms with Gasteiger partial charge in [-0.25, -0.2) is 0 Å². The van der Waals surface area contributed by atoms with E-state index in [0.717, 1.165) is 17.8 Å². The van der Waals surface area contributed by atoms with Gasteiger partial charge in [0.05, 0.1) is 5.60 Å². The Kier molecular flexibility index (Phi) is 6.03. The molecule has 2 saturated carbocycles. The van der Waals surface area contributed by atoms with Crippen molar-refractivity contribution in [2.45, 2.75) is 91.0 Å². The van der Waals surface area contributed by atoms with Gasteiger partial charge in [0.15, 0.2) is 8.32 Å². The van der Waals surface area contributed by atoms with Crippen LogP contribution in [0, 0.1) is 29.1 Å². The zero-order chi connectivity index (χ0) is 19.2. The Morgan fingerprint density at radius 1 is 1.31 bits per heavy atom. The van der Waals surface area contributed by atoms with Crippen LogP contribution in [0.2, 0.25) is 19.6 Å². The maximum absolute atomic E-state index is 6.50. The minimum Gasteiger partial charge on any atom is -0.409 e. The molecule has 0 heterocycles. The highest BCUT2D eigenvalue weighted by molar-refractivity contribution is 9.11. The first-order valence-electron chi connectivity index (χ1n) is 10.7. The van der Waals surface area contributed by atoms with Gasteiger partial charge in [0.25, 0.3) is 0 Å². The van der Waals surface area contributed by atoms with E-state index >= 15 is 0 Å². The Hall–Kier alpha value is 0.137. The van der Waals surface area contributed by atoms with Crippen LogP contribution in [0.3, 0.4) is 0 Å². The van der Waals surface area contributed by atoms with Crippen LogP contribution in [0.1, 0.15) is 65.7 Å². The molecule has 0 radical (unpaired) electrons. The zero-order valence-corrected chi connectivity index (χ0v) is 20.4. The first kappa shape index (κ1) is 20.9. The topological polar surface area (TPSA) is 9.23 Å². The van der Waals surface area contributed by atoms with Crippen LogP contribution in [0.4, 0.5) is 0 Å². The Bertz CT molecular complexity index is 577. The third-order valence-corrected chi connectivity index (χ3v) is 9.13. The lowest BCUT2D eigenvalue weighted by Crippen LogP contribution is -2.39. The quantitative estimate of drug-likeness (QED) is 0.315. The summed E-state index contributed by atoms with van der Waals surface area (Å²) in [6, 6.07) is 0. The molecule has 1 nitrogen and oxygen atoms in total. The second-order valence-electron chi connectivity index (χ2n) is 10.8. The Labute approximate surface area is 171 Å². The highest BCUT2D eigenvalue weighted by atomic mass is 79.9. The van der Waals surface area contributed by atoms with Gasteiger partial charge in [-0.05, 0) is 106 Å².